The van der Waals surface area contributed by atoms with Crippen LogP contribution >= 0.6 is 11.8 Å². The number of nitrogens with zero attached hydrogens (tertiary/aromatic N) is 1. The second-order valence-corrected chi connectivity index (χ2v) is 8.04. The van der Waals surface area contributed by atoms with Crippen LogP contribution in [0.15, 0.2) is 47.5 Å². The summed E-state index contributed by atoms with van der Waals surface area (Å²) in [5, 5.41) is 3.19. The summed E-state index contributed by atoms with van der Waals surface area (Å²) in [6.45, 7) is 1.97. The van der Waals surface area contributed by atoms with Gasteiger partial charge in [-0.3, -0.25) is 9.79 Å². The van der Waals surface area contributed by atoms with Gasteiger partial charge in [0.2, 0.25) is 0 Å². The molecule has 4 rings (SSSR count). The molecule has 0 saturated heterocycles. The second-order valence-electron chi connectivity index (χ2n) is 6.92. The lowest BCUT2D eigenvalue weighted by atomic mass is 9.89. The molecule has 27 heavy (non-hydrogen) atoms. The maximum Gasteiger partial charge on any atom is 0.265 e. The number of nitrogens with two attached hydrogens (primary N) is 1. The van der Waals surface area contributed by atoms with E-state index in [2.05, 4.69) is 10.3 Å². The van der Waals surface area contributed by atoms with Gasteiger partial charge < -0.3 is 15.8 Å². The Morgan fingerprint density at radius 2 is 2.19 bits per heavy atom. The summed E-state index contributed by atoms with van der Waals surface area (Å²) in [4.78, 5) is 17.1. The maximum absolute atomic E-state index is 14.3. The fraction of sp³-hybridized carbons (Fsp3) is 0.300. The number of rotatable bonds is 3. The Balaban J connectivity index is 1.54. The van der Waals surface area contributed by atoms with E-state index in [1.807, 2.05) is 31.2 Å². The molecule has 0 saturated carbocycles. The standard InChI is InChI=1S/C20H20FN3O2S/c1-20(8-9-27-19(22)24-20)13-6-7-14(21)15(11-13)23-18(25)17-10-12-4-2-3-5-16(12)26-17/h2-7,11,17H,8-10H2,1H3,(H2,22,24)(H,23,25). The number of para-hydroxylation sites is 1. The zero-order valence-corrected chi connectivity index (χ0v) is 15.7. The Hall–Kier alpha value is -2.54. The van der Waals surface area contributed by atoms with Crippen LogP contribution in [0.4, 0.5) is 10.1 Å². The lowest BCUT2D eigenvalue weighted by Gasteiger charge is -2.30. The quantitative estimate of drug-likeness (QED) is 0.849. The molecule has 0 aliphatic carbocycles. The van der Waals surface area contributed by atoms with E-state index in [1.54, 1.807) is 12.1 Å². The third kappa shape index (κ3) is 3.51. The van der Waals surface area contributed by atoms with Gasteiger partial charge in [-0.1, -0.05) is 36.0 Å². The highest BCUT2D eigenvalue weighted by atomic mass is 32.2. The van der Waals surface area contributed by atoms with Crippen LogP contribution < -0.4 is 15.8 Å². The third-order valence-electron chi connectivity index (χ3n) is 4.98. The molecule has 2 unspecified atom stereocenters. The second kappa shape index (κ2) is 6.88. The smallest absolute Gasteiger partial charge is 0.265 e. The van der Waals surface area contributed by atoms with E-state index in [9.17, 15) is 9.18 Å². The van der Waals surface area contributed by atoms with Crippen molar-refractivity contribution < 1.29 is 13.9 Å². The van der Waals surface area contributed by atoms with Gasteiger partial charge in [0.25, 0.3) is 5.91 Å². The predicted octanol–water partition coefficient (Wildman–Crippen LogP) is 3.43. The number of carbonyl (C=O) groups is 1. The van der Waals surface area contributed by atoms with Crippen molar-refractivity contribution in [1.82, 2.24) is 0 Å². The van der Waals surface area contributed by atoms with E-state index in [0.29, 0.717) is 17.3 Å². The third-order valence-corrected chi connectivity index (χ3v) is 5.78. The molecule has 0 radical (unpaired) electrons. The van der Waals surface area contributed by atoms with Crippen LogP contribution in [0.5, 0.6) is 5.75 Å². The zero-order chi connectivity index (χ0) is 19.0. The fourth-order valence-corrected chi connectivity index (χ4v) is 4.37. The maximum atomic E-state index is 14.3. The molecule has 140 valence electrons. The van der Waals surface area contributed by atoms with E-state index in [-0.39, 0.29) is 11.6 Å². The summed E-state index contributed by atoms with van der Waals surface area (Å²) in [7, 11) is 0. The van der Waals surface area contributed by atoms with Gasteiger partial charge >= 0.3 is 0 Å². The van der Waals surface area contributed by atoms with Crippen molar-refractivity contribution in [3.8, 4) is 5.75 Å². The molecule has 2 atom stereocenters. The van der Waals surface area contributed by atoms with Crippen molar-refractivity contribution in [3.05, 3.63) is 59.4 Å². The SMILES string of the molecule is CC1(c2ccc(F)c(NC(=O)C3Cc4ccccc4O3)c2)CCSC(N)=N1. The molecular weight excluding hydrogens is 365 g/mol. The van der Waals surface area contributed by atoms with E-state index in [0.717, 1.165) is 23.3 Å². The van der Waals surface area contributed by atoms with Gasteiger partial charge in [-0.05, 0) is 42.7 Å². The number of benzene rings is 2. The topological polar surface area (TPSA) is 76.7 Å². The number of halogens is 1. The minimum absolute atomic E-state index is 0.130. The molecule has 0 spiro atoms. The van der Waals surface area contributed by atoms with Crippen LogP contribution in [0.3, 0.4) is 0 Å². The number of ether oxygens (including phenoxy) is 1. The molecule has 0 bridgehead atoms. The summed E-state index contributed by atoms with van der Waals surface area (Å²) >= 11 is 1.51. The summed E-state index contributed by atoms with van der Waals surface area (Å²) in [6, 6.07) is 12.2. The van der Waals surface area contributed by atoms with Crippen molar-refractivity contribution >= 4 is 28.5 Å². The summed E-state index contributed by atoms with van der Waals surface area (Å²) < 4.78 is 20.0. The number of amidine groups is 1. The summed E-state index contributed by atoms with van der Waals surface area (Å²) in [5.74, 6) is 0.686. The molecule has 2 aliphatic rings. The van der Waals surface area contributed by atoms with Crippen molar-refractivity contribution in [2.24, 2.45) is 10.7 Å². The Kier molecular flexibility index (Phi) is 4.55. The molecule has 0 aromatic heterocycles. The number of carbonyl (C=O) groups excluding carboxylic acids is 1. The van der Waals surface area contributed by atoms with Crippen molar-refractivity contribution in [1.29, 1.82) is 0 Å². The number of amides is 1. The Morgan fingerprint density at radius 3 is 2.96 bits per heavy atom. The van der Waals surface area contributed by atoms with Crippen molar-refractivity contribution in [2.75, 3.05) is 11.1 Å². The van der Waals surface area contributed by atoms with Crippen LogP contribution in [-0.4, -0.2) is 22.9 Å². The van der Waals surface area contributed by atoms with Crippen LogP contribution in [0.1, 0.15) is 24.5 Å². The van der Waals surface area contributed by atoms with Gasteiger partial charge in [0.1, 0.15) is 11.6 Å². The lowest BCUT2D eigenvalue weighted by molar-refractivity contribution is -0.122. The molecular formula is C20H20FN3O2S. The van der Waals surface area contributed by atoms with Crippen molar-refractivity contribution in [2.45, 2.75) is 31.4 Å². The average molecular weight is 385 g/mol. The monoisotopic (exact) mass is 385 g/mol. The van der Waals surface area contributed by atoms with Gasteiger partial charge in [0, 0.05) is 12.2 Å². The molecule has 7 heteroatoms. The van der Waals surface area contributed by atoms with Crippen LogP contribution in [0, 0.1) is 5.82 Å². The highest BCUT2D eigenvalue weighted by molar-refractivity contribution is 8.13. The molecule has 2 aromatic rings. The number of aliphatic imine (C=N–C) groups is 1. The van der Waals surface area contributed by atoms with E-state index < -0.39 is 17.5 Å². The summed E-state index contributed by atoms with van der Waals surface area (Å²) in [6.07, 6.45) is 0.595. The summed E-state index contributed by atoms with van der Waals surface area (Å²) in [5.41, 5.74) is 7.27. The first-order valence-corrected chi connectivity index (χ1v) is 9.77. The zero-order valence-electron chi connectivity index (χ0n) is 14.9. The van der Waals surface area contributed by atoms with E-state index in [1.165, 1.54) is 17.8 Å². The highest BCUT2D eigenvalue weighted by Gasteiger charge is 2.32. The molecule has 5 nitrogen and oxygen atoms in total. The number of hydrogen-bond acceptors (Lipinski definition) is 5. The fourth-order valence-electron chi connectivity index (χ4n) is 3.39. The minimum atomic E-state index is -0.666. The van der Waals surface area contributed by atoms with Gasteiger partial charge in [-0.2, -0.15) is 0 Å². The molecule has 1 amide bonds. The Bertz CT molecular complexity index is 908. The predicted molar refractivity (Wildman–Crippen MR) is 106 cm³/mol. The first kappa shape index (κ1) is 17.9. The van der Waals surface area contributed by atoms with Crippen molar-refractivity contribution in [3.63, 3.8) is 0 Å². The van der Waals surface area contributed by atoms with E-state index in [4.69, 9.17) is 10.5 Å². The highest BCUT2D eigenvalue weighted by Crippen LogP contribution is 2.36. The molecule has 3 N–H and O–H groups in total. The van der Waals surface area contributed by atoms with Gasteiger partial charge in [-0.25, -0.2) is 4.39 Å². The van der Waals surface area contributed by atoms with Crippen LogP contribution in [0.25, 0.3) is 0 Å². The molecule has 0 fully saturated rings. The Morgan fingerprint density at radius 1 is 1.37 bits per heavy atom. The lowest BCUT2D eigenvalue weighted by Crippen LogP contribution is -2.32. The largest absolute Gasteiger partial charge is 0.480 e. The molecule has 2 aliphatic heterocycles. The Labute approximate surface area is 161 Å². The van der Waals surface area contributed by atoms with Gasteiger partial charge in [-0.15, -0.1) is 0 Å². The van der Waals surface area contributed by atoms with Gasteiger partial charge in [0.15, 0.2) is 11.3 Å². The molecule has 2 heterocycles. The number of nitrogens with one attached hydrogen (secondary N) is 1. The minimum Gasteiger partial charge on any atom is -0.480 e. The average Bonchev–Trinajstić information content (AvgIpc) is 3.07. The number of fused-ring (bicyclic) bond motifs is 1. The number of thioether (sulfide) groups is 1. The van der Waals surface area contributed by atoms with Gasteiger partial charge in [0.05, 0.1) is 11.2 Å². The number of hydrogen-bond donors (Lipinski definition) is 2. The normalized spacial score (nSPS) is 23.9. The first-order valence-electron chi connectivity index (χ1n) is 8.78. The first-order chi connectivity index (χ1) is 12.9. The van der Waals surface area contributed by atoms with E-state index >= 15 is 0 Å². The van der Waals surface area contributed by atoms with Crippen LogP contribution in [-0.2, 0) is 16.8 Å². The molecule has 2 aromatic carbocycles. The van der Waals surface area contributed by atoms with Crippen LogP contribution in [0.2, 0.25) is 0 Å². The number of anilines is 1.